The minimum absolute atomic E-state index is 0. The minimum atomic E-state index is 0. The van der Waals surface area contributed by atoms with Crippen molar-refractivity contribution in [2.24, 2.45) is 0 Å². The zero-order valence-corrected chi connectivity index (χ0v) is 24.3. The second kappa shape index (κ2) is 18.2. The molecule has 0 aliphatic heterocycles. The van der Waals surface area contributed by atoms with Crippen molar-refractivity contribution < 1.29 is 14.3 Å². The molecular weight excluding hydrogens is 508 g/mol. The van der Waals surface area contributed by atoms with Gasteiger partial charge in [0.15, 0.2) is 6.29 Å². The summed E-state index contributed by atoms with van der Waals surface area (Å²) < 4.78 is 11.7. The average molecular weight is 555 g/mol. The number of hydrogen-bond acceptors (Lipinski definition) is 5. The molecule has 0 bridgehead atoms. The maximum atomic E-state index is 11.2. The summed E-state index contributed by atoms with van der Waals surface area (Å²) in [6.07, 6.45) is 3.06. The summed E-state index contributed by atoms with van der Waals surface area (Å²) in [5.74, 6) is 1.55. The fourth-order valence-electron chi connectivity index (χ4n) is 4.20. The van der Waals surface area contributed by atoms with Crippen LogP contribution in [0.15, 0.2) is 103 Å². The summed E-state index contributed by atoms with van der Waals surface area (Å²) >= 11 is 0. The Morgan fingerprint density at radius 1 is 0.634 bits per heavy atom. The second-order valence-corrected chi connectivity index (χ2v) is 9.73. The molecule has 0 unspecified atom stereocenters. The molecule has 4 aromatic carbocycles. The van der Waals surface area contributed by atoms with Crippen LogP contribution in [0.1, 0.15) is 55.6 Å². The van der Waals surface area contributed by atoms with Crippen LogP contribution in [-0.2, 0) is 13.2 Å². The van der Waals surface area contributed by atoms with E-state index in [0.717, 1.165) is 49.2 Å². The Morgan fingerprint density at radius 3 is 1.71 bits per heavy atom. The van der Waals surface area contributed by atoms with E-state index < -0.39 is 0 Å². The van der Waals surface area contributed by atoms with Gasteiger partial charge in [-0.3, -0.25) is 4.79 Å². The van der Waals surface area contributed by atoms with Gasteiger partial charge in [-0.15, -0.1) is 0 Å². The number of carbonyl (C=O) groups is 1. The molecule has 0 aliphatic rings. The summed E-state index contributed by atoms with van der Waals surface area (Å²) in [7, 11) is 4.15. The van der Waals surface area contributed by atoms with E-state index in [1.807, 2.05) is 85.9 Å². The largest absolute Gasteiger partial charge is 0.489 e. The third-order valence-electron chi connectivity index (χ3n) is 6.43. The van der Waals surface area contributed by atoms with Gasteiger partial charge in [0.25, 0.3) is 0 Å². The van der Waals surface area contributed by atoms with Crippen LogP contribution in [0.25, 0.3) is 0 Å². The van der Waals surface area contributed by atoms with Gasteiger partial charge in [-0.2, -0.15) is 0 Å². The molecule has 0 saturated heterocycles. The monoisotopic (exact) mass is 554 g/mol. The molecule has 4 aromatic rings. The lowest BCUT2D eigenvalue weighted by Gasteiger charge is -2.20. The van der Waals surface area contributed by atoms with Gasteiger partial charge in [-0.05, 0) is 48.2 Å². The highest BCUT2D eigenvalue weighted by atomic mass is 16.5. The molecule has 0 spiro atoms. The summed E-state index contributed by atoms with van der Waals surface area (Å²) in [5, 5.41) is 0. The fraction of sp³-hybridized carbons (Fsp3) is 0.306. The van der Waals surface area contributed by atoms with E-state index >= 15 is 0 Å². The van der Waals surface area contributed by atoms with Gasteiger partial charge in [0.1, 0.15) is 24.7 Å². The molecule has 0 radical (unpaired) electrons. The van der Waals surface area contributed by atoms with Crippen molar-refractivity contribution in [1.82, 2.24) is 0 Å². The molecule has 0 aromatic heterocycles. The topological polar surface area (TPSA) is 42.0 Å². The van der Waals surface area contributed by atoms with Crippen LogP contribution in [0.2, 0.25) is 0 Å². The standard InChI is InChI=1S/C18H21NO2.C17H21NO.CH4/c1-3-11-19(2)17-10-9-16(13-20)18(12-17)21-14-15-7-5-4-6-8-15;1-3-12-18(2)16-10-7-11-17(13-16)19-14-15-8-5-4-6-9-15;/h4-10,12-13H,3,11,14H2,1-2H3;4-11,13H,3,12,14H2,1-2H3;1H4. The van der Waals surface area contributed by atoms with Crippen molar-refractivity contribution in [3.63, 3.8) is 0 Å². The smallest absolute Gasteiger partial charge is 0.153 e. The molecule has 0 fully saturated rings. The lowest BCUT2D eigenvalue weighted by molar-refractivity contribution is 0.111. The molecule has 0 amide bonds. The fourth-order valence-corrected chi connectivity index (χ4v) is 4.20. The Balaban J connectivity index is 0.000000281. The Morgan fingerprint density at radius 2 is 1.17 bits per heavy atom. The highest BCUT2D eigenvalue weighted by Gasteiger charge is 2.08. The molecule has 5 heteroatoms. The van der Waals surface area contributed by atoms with Crippen LogP contribution < -0.4 is 19.3 Å². The number of carbonyl (C=O) groups excluding carboxylic acids is 1. The number of ether oxygens (including phenoxy) is 2. The van der Waals surface area contributed by atoms with Crippen molar-refractivity contribution in [1.29, 1.82) is 0 Å². The third-order valence-corrected chi connectivity index (χ3v) is 6.43. The predicted molar refractivity (Wildman–Crippen MR) is 174 cm³/mol. The maximum Gasteiger partial charge on any atom is 0.153 e. The van der Waals surface area contributed by atoms with Crippen molar-refractivity contribution >= 4 is 17.7 Å². The molecule has 218 valence electrons. The first kappa shape index (κ1) is 33.0. The normalized spacial score (nSPS) is 9.95. The van der Waals surface area contributed by atoms with Gasteiger partial charge in [-0.1, -0.05) is 88.0 Å². The van der Waals surface area contributed by atoms with E-state index in [4.69, 9.17) is 9.47 Å². The SMILES string of the molecule is C.CCCN(C)c1ccc(C=O)c(OCc2ccccc2)c1.CCCN(C)c1cccc(OCc2ccccc2)c1. The number of aldehydes is 1. The first-order valence-corrected chi connectivity index (χ1v) is 14.0. The summed E-state index contributed by atoms with van der Waals surface area (Å²) in [6, 6.07) is 34.1. The average Bonchev–Trinajstić information content (AvgIpc) is 3.00. The lowest BCUT2D eigenvalue weighted by atomic mass is 10.2. The Kier molecular flexibility index (Phi) is 14.6. The summed E-state index contributed by atoms with van der Waals surface area (Å²) in [5.41, 5.74) is 5.12. The first-order valence-electron chi connectivity index (χ1n) is 14.0. The van der Waals surface area contributed by atoms with E-state index in [1.54, 1.807) is 0 Å². The van der Waals surface area contributed by atoms with Crippen molar-refractivity contribution in [2.45, 2.75) is 47.3 Å². The zero-order valence-electron chi connectivity index (χ0n) is 24.3. The van der Waals surface area contributed by atoms with Gasteiger partial charge < -0.3 is 19.3 Å². The lowest BCUT2D eigenvalue weighted by Crippen LogP contribution is -2.17. The first-order chi connectivity index (χ1) is 19.5. The second-order valence-electron chi connectivity index (χ2n) is 9.73. The highest BCUT2D eigenvalue weighted by Crippen LogP contribution is 2.25. The van der Waals surface area contributed by atoms with Crippen molar-refractivity contribution in [3.05, 3.63) is 120 Å². The van der Waals surface area contributed by atoms with Crippen LogP contribution in [0.3, 0.4) is 0 Å². The van der Waals surface area contributed by atoms with Gasteiger partial charge in [0, 0.05) is 50.7 Å². The third kappa shape index (κ3) is 11.0. The Hall–Kier alpha value is -4.25. The van der Waals surface area contributed by atoms with Crippen molar-refractivity contribution in [2.75, 3.05) is 37.0 Å². The van der Waals surface area contributed by atoms with Crippen molar-refractivity contribution in [3.8, 4) is 11.5 Å². The number of rotatable bonds is 13. The minimum Gasteiger partial charge on any atom is -0.489 e. The van der Waals surface area contributed by atoms with E-state index in [1.165, 1.54) is 11.3 Å². The van der Waals surface area contributed by atoms with E-state index in [9.17, 15) is 4.79 Å². The zero-order chi connectivity index (χ0) is 28.6. The molecule has 4 rings (SSSR count). The quantitative estimate of drug-likeness (QED) is 0.155. The van der Waals surface area contributed by atoms with E-state index in [-0.39, 0.29) is 7.43 Å². The number of nitrogens with zero attached hydrogens (tertiary/aromatic N) is 2. The van der Waals surface area contributed by atoms with Crippen LogP contribution in [0, 0.1) is 0 Å². The van der Waals surface area contributed by atoms with Gasteiger partial charge in [0.2, 0.25) is 0 Å². The number of anilines is 2. The van der Waals surface area contributed by atoms with Gasteiger partial charge in [0.05, 0.1) is 5.56 Å². The molecule has 0 N–H and O–H groups in total. The summed E-state index contributed by atoms with van der Waals surface area (Å²) in [6.45, 7) is 7.43. The predicted octanol–water partition coefficient (Wildman–Crippen LogP) is 8.67. The highest BCUT2D eigenvalue weighted by molar-refractivity contribution is 5.80. The number of hydrogen-bond donors (Lipinski definition) is 0. The van der Waals surface area contributed by atoms with Crippen LogP contribution in [-0.4, -0.2) is 33.5 Å². The van der Waals surface area contributed by atoms with Gasteiger partial charge in [-0.25, -0.2) is 0 Å². The molecule has 0 heterocycles. The summed E-state index contributed by atoms with van der Waals surface area (Å²) in [4.78, 5) is 15.6. The number of benzene rings is 4. The Bertz CT molecular complexity index is 1280. The van der Waals surface area contributed by atoms with E-state index in [2.05, 4.69) is 55.0 Å². The molecule has 5 nitrogen and oxygen atoms in total. The van der Waals surface area contributed by atoms with Crippen LogP contribution >= 0.6 is 0 Å². The van der Waals surface area contributed by atoms with Gasteiger partial charge >= 0.3 is 0 Å². The Labute approximate surface area is 247 Å². The molecule has 0 saturated carbocycles. The van der Waals surface area contributed by atoms with Crippen LogP contribution in [0.5, 0.6) is 11.5 Å². The molecule has 0 atom stereocenters. The van der Waals surface area contributed by atoms with E-state index in [0.29, 0.717) is 24.5 Å². The van der Waals surface area contributed by atoms with Crippen LogP contribution in [0.4, 0.5) is 11.4 Å². The molecule has 41 heavy (non-hydrogen) atoms. The maximum absolute atomic E-state index is 11.2. The molecular formula is C36H46N2O3. The molecule has 0 aliphatic carbocycles.